The largest absolute Gasteiger partial charge is 0.416 e. The van der Waals surface area contributed by atoms with E-state index in [0.29, 0.717) is 28.5 Å². The summed E-state index contributed by atoms with van der Waals surface area (Å²) in [4.78, 5) is 17.5. The monoisotopic (exact) mass is 427 g/mol. The highest BCUT2D eigenvalue weighted by Crippen LogP contribution is 2.30. The average Bonchev–Trinajstić information content (AvgIpc) is 3.17. The van der Waals surface area contributed by atoms with E-state index in [1.807, 2.05) is 18.4 Å². The summed E-state index contributed by atoms with van der Waals surface area (Å²) in [5.74, 6) is 0.769. The number of benzene rings is 1. The first kappa shape index (κ1) is 20.6. The maximum absolute atomic E-state index is 13.0. The van der Waals surface area contributed by atoms with Crippen molar-refractivity contribution in [2.75, 3.05) is 10.6 Å². The predicted molar refractivity (Wildman–Crippen MR) is 112 cm³/mol. The summed E-state index contributed by atoms with van der Waals surface area (Å²) in [6.07, 6.45) is 0.573. The molecule has 0 atom stereocenters. The lowest BCUT2D eigenvalue weighted by Gasteiger charge is -2.13. The fraction of sp³-hybridized carbons (Fsp3) is 0.238. The molecule has 0 spiro atoms. The Morgan fingerprint density at radius 1 is 1.06 bits per heavy atom. The molecule has 3 aromatic heterocycles. The van der Waals surface area contributed by atoms with Gasteiger partial charge in [0.05, 0.1) is 11.9 Å². The van der Waals surface area contributed by atoms with Crippen LogP contribution in [0.2, 0.25) is 0 Å². The third-order valence-corrected chi connectivity index (χ3v) is 4.63. The van der Waals surface area contributed by atoms with Crippen LogP contribution in [0.3, 0.4) is 0 Å². The molecule has 1 aromatic carbocycles. The van der Waals surface area contributed by atoms with Crippen molar-refractivity contribution in [1.82, 2.24) is 24.5 Å². The Labute approximate surface area is 176 Å². The summed E-state index contributed by atoms with van der Waals surface area (Å²) >= 11 is 0. The zero-order valence-electron chi connectivity index (χ0n) is 16.9. The molecule has 0 bridgehead atoms. The van der Waals surface area contributed by atoms with Crippen molar-refractivity contribution in [2.24, 2.45) is 0 Å². The molecule has 4 aromatic rings. The quantitative estimate of drug-likeness (QED) is 0.442. The van der Waals surface area contributed by atoms with E-state index in [4.69, 9.17) is 0 Å². The number of rotatable bonds is 6. The number of nitrogens with one attached hydrogen (secondary N) is 2. The second kappa shape index (κ2) is 8.21. The maximum Gasteiger partial charge on any atom is 0.416 e. The van der Waals surface area contributed by atoms with Crippen molar-refractivity contribution in [3.63, 3.8) is 0 Å². The SMILES string of the molecule is CC(C)n1cnc2c(NCc3cccc(C(F)(F)F)c3)nc(Nc3ccncc3)nc21. The van der Waals surface area contributed by atoms with Crippen molar-refractivity contribution in [1.29, 1.82) is 0 Å². The standard InChI is InChI=1S/C21H20F3N7/c1-13(2)31-12-27-17-18(26-11-14-4-3-5-15(10-14)21(22,23)24)29-20(30-19(17)31)28-16-6-8-25-9-7-16/h3-10,12-13H,11H2,1-2H3,(H2,25,26,28,29,30). The molecule has 160 valence electrons. The van der Waals surface area contributed by atoms with Gasteiger partial charge in [0.2, 0.25) is 5.95 Å². The minimum Gasteiger partial charge on any atom is -0.364 e. The summed E-state index contributed by atoms with van der Waals surface area (Å²) in [7, 11) is 0. The van der Waals surface area contributed by atoms with Gasteiger partial charge in [0.25, 0.3) is 0 Å². The van der Waals surface area contributed by atoms with Crippen molar-refractivity contribution in [3.8, 4) is 0 Å². The predicted octanol–water partition coefficient (Wildman–Crippen LogP) is 5.18. The lowest BCUT2D eigenvalue weighted by molar-refractivity contribution is -0.137. The molecule has 0 saturated carbocycles. The number of halogens is 3. The first-order valence-electron chi connectivity index (χ1n) is 9.63. The van der Waals surface area contributed by atoms with E-state index in [9.17, 15) is 13.2 Å². The zero-order chi connectivity index (χ0) is 22.0. The molecule has 0 unspecified atom stereocenters. The highest BCUT2D eigenvalue weighted by molar-refractivity contribution is 5.84. The Balaban J connectivity index is 1.67. The Kier molecular flexibility index (Phi) is 5.45. The summed E-state index contributed by atoms with van der Waals surface area (Å²) in [5, 5.41) is 6.24. The van der Waals surface area contributed by atoms with E-state index in [1.54, 1.807) is 36.9 Å². The minimum absolute atomic E-state index is 0.116. The van der Waals surface area contributed by atoms with Crippen LogP contribution in [-0.2, 0) is 12.7 Å². The number of imidazole rings is 1. The highest BCUT2D eigenvalue weighted by Gasteiger charge is 2.30. The van der Waals surface area contributed by atoms with Crippen molar-refractivity contribution in [2.45, 2.75) is 32.6 Å². The molecular formula is C21H20F3N7. The normalized spacial score (nSPS) is 11.8. The number of alkyl halides is 3. The number of anilines is 3. The summed E-state index contributed by atoms with van der Waals surface area (Å²) in [6, 6.07) is 8.86. The molecule has 0 radical (unpaired) electrons. The van der Waals surface area contributed by atoms with Gasteiger partial charge in [-0.3, -0.25) is 4.98 Å². The molecule has 3 heterocycles. The molecule has 0 amide bonds. The minimum atomic E-state index is -4.39. The van der Waals surface area contributed by atoms with E-state index < -0.39 is 11.7 Å². The first-order chi connectivity index (χ1) is 14.8. The van der Waals surface area contributed by atoms with E-state index in [2.05, 4.69) is 30.6 Å². The third-order valence-electron chi connectivity index (χ3n) is 4.63. The van der Waals surface area contributed by atoms with Gasteiger partial charge >= 0.3 is 6.18 Å². The number of fused-ring (bicyclic) bond motifs is 1. The van der Waals surface area contributed by atoms with Crippen LogP contribution < -0.4 is 10.6 Å². The van der Waals surface area contributed by atoms with Crippen LogP contribution in [0.1, 0.15) is 31.0 Å². The van der Waals surface area contributed by atoms with Crippen LogP contribution in [0, 0.1) is 0 Å². The lowest BCUT2D eigenvalue weighted by atomic mass is 10.1. The van der Waals surface area contributed by atoms with Gasteiger partial charge in [-0.25, -0.2) is 4.98 Å². The Morgan fingerprint density at radius 2 is 1.84 bits per heavy atom. The van der Waals surface area contributed by atoms with Gasteiger partial charge in [-0.1, -0.05) is 12.1 Å². The molecule has 4 rings (SSSR count). The number of hydrogen-bond acceptors (Lipinski definition) is 6. The summed E-state index contributed by atoms with van der Waals surface area (Å²) in [6.45, 7) is 4.17. The van der Waals surface area contributed by atoms with Crippen molar-refractivity contribution < 1.29 is 13.2 Å². The molecule has 10 heteroatoms. The Hall–Kier alpha value is -3.69. The molecule has 0 fully saturated rings. The number of pyridine rings is 1. The lowest BCUT2D eigenvalue weighted by Crippen LogP contribution is -2.09. The average molecular weight is 427 g/mol. The second-order valence-electron chi connectivity index (χ2n) is 7.23. The van der Waals surface area contributed by atoms with E-state index in [1.165, 1.54) is 6.07 Å². The van der Waals surface area contributed by atoms with Gasteiger partial charge < -0.3 is 15.2 Å². The van der Waals surface area contributed by atoms with E-state index in [-0.39, 0.29) is 12.6 Å². The Morgan fingerprint density at radius 3 is 2.55 bits per heavy atom. The third kappa shape index (κ3) is 4.57. The van der Waals surface area contributed by atoms with Gasteiger partial charge in [0.1, 0.15) is 0 Å². The van der Waals surface area contributed by atoms with Gasteiger partial charge in [-0.05, 0) is 43.7 Å². The van der Waals surface area contributed by atoms with Crippen LogP contribution in [-0.4, -0.2) is 24.5 Å². The van der Waals surface area contributed by atoms with Crippen molar-refractivity contribution in [3.05, 3.63) is 66.2 Å². The van der Waals surface area contributed by atoms with Crippen LogP contribution in [0.5, 0.6) is 0 Å². The summed E-state index contributed by atoms with van der Waals surface area (Å²) in [5.41, 5.74) is 1.71. The maximum atomic E-state index is 13.0. The second-order valence-corrected chi connectivity index (χ2v) is 7.23. The molecule has 0 saturated heterocycles. The molecule has 0 aliphatic rings. The van der Waals surface area contributed by atoms with Crippen molar-refractivity contribution >= 4 is 28.6 Å². The van der Waals surface area contributed by atoms with Crippen LogP contribution in [0.15, 0.2) is 55.1 Å². The van der Waals surface area contributed by atoms with Crippen LogP contribution in [0.4, 0.5) is 30.6 Å². The van der Waals surface area contributed by atoms with Gasteiger partial charge in [-0.15, -0.1) is 0 Å². The number of hydrogen-bond donors (Lipinski definition) is 2. The van der Waals surface area contributed by atoms with Gasteiger partial charge in [0, 0.05) is 30.7 Å². The molecule has 2 N–H and O–H groups in total. The van der Waals surface area contributed by atoms with Gasteiger partial charge in [-0.2, -0.15) is 23.1 Å². The highest BCUT2D eigenvalue weighted by atomic mass is 19.4. The topological polar surface area (TPSA) is 80.5 Å². The Bertz CT molecular complexity index is 1190. The first-order valence-corrected chi connectivity index (χ1v) is 9.63. The fourth-order valence-electron chi connectivity index (χ4n) is 3.08. The number of aromatic nitrogens is 5. The summed E-state index contributed by atoms with van der Waals surface area (Å²) < 4.78 is 40.9. The molecule has 0 aliphatic heterocycles. The van der Waals surface area contributed by atoms with Gasteiger partial charge in [0.15, 0.2) is 17.0 Å². The molecule has 31 heavy (non-hydrogen) atoms. The molecular weight excluding hydrogens is 407 g/mol. The van der Waals surface area contributed by atoms with Crippen LogP contribution in [0.25, 0.3) is 11.2 Å². The molecule has 0 aliphatic carbocycles. The number of nitrogens with zero attached hydrogens (tertiary/aromatic N) is 5. The van der Waals surface area contributed by atoms with E-state index in [0.717, 1.165) is 17.8 Å². The van der Waals surface area contributed by atoms with Crippen LogP contribution >= 0.6 is 0 Å². The smallest absolute Gasteiger partial charge is 0.364 e. The fourth-order valence-corrected chi connectivity index (χ4v) is 3.08. The zero-order valence-corrected chi connectivity index (χ0v) is 16.9. The van der Waals surface area contributed by atoms with E-state index >= 15 is 0 Å². The molecule has 7 nitrogen and oxygen atoms in total.